The van der Waals surface area contributed by atoms with Crippen LogP contribution in [-0.4, -0.2) is 65.0 Å². The second-order valence-electron chi connectivity index (χ2n) is 6.05. The van der Waals surface area contributed by atoms with Gasteiger partial charge in [0.05, 0.1) is 5.02 Å². The van der Waals surface area contributed by atoms with Crippen molar-refractivity contribution in [3.63, 3.8) is 0 Å². The van der Waals surface area contributed by atoms with Gasteiger partial charge >= 0.3 is 5.97 Å². The molecule has 27 heavy (non-hydrogen) atoms. The third-order valence-corrected chi connectivity index (χ3v) is 4.66. The number of aromatic carboxylic acids is 1. The molecule has 0 bridgehead atoms. The number of carbonyl (C=O) groups is 1. The van der Waals surface area contributed by atoms with Gasteiger partial charge < -0.3 is 14.5 Å². The van der Waals surface area contributed by atoms with E-state index in [9.17, 15) is 18.0 Å². The number of alkyl halides is 3. The zero-order valence-corrected chi connectivity index (χ0v) is 15.0. The summed E-state index contributed by atoms with van der Waals surface area (Å²) >= 11 is 6.30. The Hall–Kier alpha value is -2.33. The molecule has 0 aliphatic carbocycles. The Labute approximate surface area is 157 Å². The first-order chi connectivity index (χ1) is 12.8. The average molecular weight is 405 g/mol. The van der Waals surface area contributed by atoms with Crippen LogP contribution in [0.4, 0.5) is 19.0 Å². The van der Waals surface area contributed by atoms with Crippen LogP contribution < -0.4 is 4.90 Å². The molecule has 0 aromatic carbocycles. The number of hydrogen-bond donors (Lipinski definition) is 1. The smallest absolute Gasteiger partial charge is 0.375 e. The van der Waals surface area contributed by atoms with Crippen LogP contribution in [0.2, 0.25) is 5.02 Å². The fraction of sp³-hybridized carbons (Fsp3) is 0.438. The van der Waals surface area contributed by atoms with E-state index in [0.29, 0.717) is 35.7 Å². The number of anilines is 1. The predicted molar refractivity (Wildman–Crippen MR) is 91.1 cm³/mol. The molecule has 0 amide bonds. The normalized spacial score (nSPS) is 16.7. The highest BCUT2D eigenvalue weighted by atomic mass is 35.5. The summed E-state index contributed by atoms with van der Waals surface area (Å²) in [5.41, 5.74) is 1.15. The van der Waals surface area contributed by atoms with Gasteiger partial charge in [-0.3, -0.25) is 4.90 Å². The maximum atomic E-state index is 13.4. The molecular formula is C16H16ClF3N4O3. The summed E-state index contributed by atoms with van der Waals surface area (Å²) in [4.78, 5) is 18.2. The molecule has 1 fully saturated rings. The lowest BCUT2D eigenvalue weighted by molar-refractivity contribution is -0.0505. The zero-order chi connectivity index (χ0) is 19.7. The molecule has 1 saturated heterocycles. The monoisotopic (exact) mass is 404 g/mol. The van der Waals surface area contributed by atoms with Gasteiger partial charge in [-0.25, -0.2) is 22.9 Å². The van der Waals surface area contributed by atoms with Gasteiger partial charge in [0.1, 0.15) is 11.5 Å². The first-order valence-corrected chi connectivity index (χ1v) is 8.44. The van der Waals surface area contributed by atoms with Gasteiger partial charge in [0.25, 0.3) is 6.43 Å². The van der Waals surface area contributed by atoms with E-state index < -0.39 is 18.7 Å². The molecule has 3 rings (SSSR count). The standard InChI is InChI=1S/C16H16ClF3N4O3/c1-8-11(22-27-12(8)16(25)26)9-6-10(17)15(21-7-9)24-4-2-23(3-5-24)14(20)13(18)19/h6-7,13-14H,2-5H2,1H3,(H,25,26). The van der Waals surface area contributed by atoms with E-state index in [1.54, 1.807) is 17.9 Å². The molecule has 2 aromatic heterocycles. The van der Waals surface area contributed by atoms with Crippen LogP contribution >= 0.6 is 11.6 Å². The molecule has 1 aliphatic heterocycles. The van der Waals surface area contributed by atoms with Crippen molar-refractivity contribution in [3.05, 3.63) is 28.6 Å². The number of carboxylic acids is 1. The molecule has 7 nitrogen and oxygen atoms in total. The summed E-state index contributed by atoms with van der Waals surface area (Å²) in [6.07, 6.45) is -3.85. The minimum atomic E-state index is -3.04. The van der Waals surface area contributed by atoms with Crippen LogP contribution in [0.15, 0.2) is 16.8 Å². The minimum Gasteiger partial charge on any atom is -0.475 e. The van der Waals surface area contributed by atoms with Crippen molar-refractivity contribution in [1.29, 1.82) is 0 Å². The summed E-state index contributed by atoms with van der Waals surface area (Å²) in [5, 5.41) is 13.1. The van der Waals surface area contributed by atoms with Crippen LogP contribution in [0.25, 0.3) is 11.3 Å². The van der Waals surface area contributed by atoms with Crippen molar-refractivity contribution >= 4 is 23.4 Å². The van der Waals surface area contributed by atoms with Gasteiger partial charge in [-0.05, 0) is 13.0 Å². The molecule has 11 heteroatoms. The lowest BCUT2D eigenvalue weighted by Crippen LogP contribution is -2.51. The Morgan fingerprint density at radius 1 is 1.30 bits per heavy atom. The molecule has 3 heterocycles. The lowest BCUT2D eigenvalue weighted by Gasteiger charge is -2.36. The van der Waals surface area contributed by atoms with Crippen molar-refractivity contribution in [3.8, 4) is 11.3 Å². The zero-order valence-electron chi connectivity index (χ0n) is 14.2. The first-order valence-electron chi connectivity index (χ1n) is 8.06. The van der Waals surface area contributed by atoms with Crippen LogP contribution in [0.5, 0.6) is 0 Å². The number of aromatic nitrogens is 2. The van der Waals surface area contributed by atoms with E-state index in [2.05, 4.69) is 10.1 Å². The fourth-order valence-corrected chi connectivity index (χ4v) is 3.22. The van der Waals surface area contributed by atoms with Gasteiger partial charge in [-0.2, -0.15) is 0 Å². The number of nitrogens with zero attached hydrogens (tertiary/aromatic N) is 4. The highest BCUT2D eigenvalue weighted by Gasteiger charge is 2.31. The minimum absolute atomic E-state index is 0.121. The first kappa shape index (κ1) is 19.4. The van der Waals surface area contributed by atoms with Gasteiger partial charge in [0.2, 0.25) is 12.1 Å². The predicted octanol–water partition coefficient (Wildman–Crippen LogP) is 3.08. The molecular weight excluding hydrogens is 389 g/mol. The number of rotatable bonds is 5. The molecule has 2 aromatic rings. The summed E-state index contributed by atoms with van der Waals surface area (Å²) < 4.78 is 43.2. The number of piperazine rings is 1. The van der Waals surface area contributed by atoms with Crippen LogP contribution in [0.1, 0.15) is 16.1 Å². The van der Waals surface area contributed by atoms with E-state index in [1.807, 2.05) is 0 Å². The molecule has 0 radical (unpaired) electrons. The SMILES string of the molecule is Cc1c(-c2cnc(N3CCN(C(F)C(F)F)CC3)c(Cl)c2)noc1C(=O)O. The highest BCUT2D eigenvalue weighted by molar-refractivity contribution is 6.33. The maximum absolute atomic E-state index is 13.4. The third kappa shape index (κ3) is 3.86. The summed E-state index contributed by atoms with van der Waals surface area (Å²) in [5.74, 6) is -1.05. The van der Waals surface area contributed by atoms with E-state index >= 15 is 0 Å². The Balaban J connectivity index is 1.76. The molecule has 1 N–H and O–H groups in total. The van der Waals surface area contributed by atoms with Gasteiger partial charge in [-0.15, -0.1) is 0 Å². The van der Waals surface area contributed by atoms with E-state index in [0.717, 1.165) is 4.90 Å². The quantitative estimate of drug-likeness (QED) is 0.767. The van der Waals surface area contributed by atoms with Crippen LogP contribution in [0.3, 0.4) is 0 Å². The van der Waals surface area contributed by atoms with Gasteiger partial charge in [0, 0.05) is 43.5 Å². The highest BCUT2D eigenvalue weighted by Crippen LogP contribution is 2.31. The molecule has 0 spiro atoms. The van der Waals surface area contributed by atoms with Crippen molar-refractivity contribution in [2.75, 3.05) is 31.1 Å². The third-order valence-electron chi connectivity index (χ3n) is 4.38. The number of hydrogen-bond acceptors (Lipinski definition) is 6. The fourth-order valence-electron chi connectivity index (χ4n) is 2.94. The largest absolute Gasteiger partial charge is 0.475 e. The Morgan fingerprint density at radius 2 is 1.96 bits per heavy atom. The van der Waals surface area contributed by atoms with E-state index in [1.165, 1.54) is 6.20 Å². The number of carboxylic acid groups (broad SMARTS) is 1. The van der Waals surface area contributed by atoms with Crippen molar-refractivity contribution < 1.29 is 27.6 Å². The second-order valence-corrected chi connectivity index (χ2v) is 6.46. The average Bonchev–Trinajstić information content (AvgIpc) is 3.03. The summed E-state index contributed by atoms with van der Waals surface area (Å²) in [6, 6.07) is 1.57. The lowest BCUT2D eigenvalue weighted by atomic mass is 10.1. The molecule has 1 aliphatic rings. The van der Waals surface area contributed by atoms with Crippen molar-refractivity contribution in [1.82, 2.24) is 15.0 Å². The van der Waals surface area contributed by atoms with E-state index in [-0.39, 0.29) is 23.9 Å². The molecule has 146 valence electrons. The van der Waals surface area contributed by atoms with Crippen molar-refractivity contribution in [2.45, 2.75) is 19.6 Å². The molecule has 0 saturated carbocycles. The topological polar surface area (TPSA) is 82.7 Å². The number of pyridine rings is 1. The second kappa shape index (κ2) is 7.73. The molecule has 1 unspecified atom stereocenters. The Morgan fingerprint density at radius 3 is 2.48 bits per heavy atom. The van der Waals surface area contributed by atoms with Gasteiger partial charge in [0.15, 0.2) is 0 Å². The van der Waals surface area contributed by atoms with Crippen molar-refractivity contribution in [2.24, 2.45) is 0 Å². The number of halogens is 4. The molecule has 1 atom stereocenters. The Bertz CT molecular complexity index is 840. The van der Waals surface area contributed by atoms with Crippen LogP contribution in [-0.2, 0) is 0 Å². The summed E-state index contributed by atoms with van der Waals surface area (Å²) in [6.45, 7) is 2.40. The van der Waals surface area contributed by atoms with Crippen LogP contribution in [0, 0.1) is 6.92 Å². The van der Waals surface area contributed by atoms with E-state index in [4.69, 9.17) is 21.2 Å². The van der Waals surface area contributed by atoms with Gasteiger partial charge in [-0.1, -0.05) is 16.8 Å². The Kier molecular flexibility index (Phi) is 5.56. The maximum Gasteiger partial charge on any atom is 0.375 e. The summed E-state index contributed by atoms with van der Waals surface area (Å²) in [7, 11) is 0.